The second kappa shape index (κ2) is 7.70. The Hall–Kier alpha value is -2.46. The maximum Gasteiger partial charge on any atom is 0.252 e. The SMILES string of the molecule is Cc1ccc(C(=O)c2ccccc2C(=O)NCCC(C)N)cc1. The van der Waals surface area contributed by atoms with E-state index in [2.05, 4.69) is 5.32 Å². The van der Waals surface area contributed by atoms with Gasteiger partial charge in [0.25, 0.3) is 5.91 Å². The van der Waals surface area contributed by atoms with Gasteiger partial charge in [-0.3, -0.25) is 9.59 Å². The topological polar surface area (TPSA) is 72.2 Å². The molecule has 0 fully saturated rings. The van der Waals surface area contributed by atoms with Crippen molar-refractivity contribution in [3.8, 4) is 0 Å². The fraction of sp³-hybridized carbons (Fsp3) is 0.263. The summed E-state index contributed by atoms with van der Waals surface area (Å²) in [4.78, 5) is 25.0. The number of amides is 1. The van der Waals surface area contributed by atoms with Crippen LogP contribution >= 0.6 is 0 Å². The minimum absolute atomic E-state index is 0.0275. The minimum atomic E-state index is -0.248. The molecule has 23 heavy (non-hydrogen) atoms. The first-order valence-corrected chi connectivity index (χ1v) is 7.73. The molecule has 4 heteroatoms. The van der Waals surface area contributed by atoms with Gasteiger partial charge in [0.2, 0.25) is 0 Å². The number of aryl methyl sites for hydroxylation is 1. The van der Waals surface area contributed by atoms with Crippen molar-refractivity contribution < 1.29 is 9.59 Å². The molecule has 1 unspecified atom stereocenters. The van der Waals surface area contributed by atoms with Crippen LogP contribution in [-0.2, 0) is 0 Å². The second-order valence-corrected chi connectivity index (χ2v) is 5.76. The van der Waals surface area contributed by atoms with Gasteiger partial charge in [-0.05, 0) is 26.3 Å². The van der Waals surface area contributed by atoms with Gasteiger partial charge in [-0.1, -0.05) is 48.0 Å². The van der Waals surface area contributed by atoms with Gasteiger partial charge in [0.1, 0.15) is 0 Å². The Balaban J connectivity index is 2.21. The predicted octanol–water partition coefficient (Wildman–Crippen LogP) is 2.69. The highest BCUT2D eigenvalue weighted by Crippen LogP contribution is 2.15. The highest BCUT2D eigenvalue weighted by molar-refractivity contribution is 6.15. The third kappa shape index (κ3) is 4.50. The van der Waals surface area contributed by atoms with Crippen molar-refractivity contribution in [2.45, 2.75) is 26.3 Å². The number of benzene rings is 2. The average Bonchev–Trinajstić information content (AvgIpc) is 2.54. The maximum atomic E-state index is 12.7. The minimum Gasteiger partial charge on any atom is -0.352 e. The number of nitrogens with two attached hydrogens (primary N) is 1. The Labute approximate surface area is 136 Å². The van der Waals surface area contributed by atoms with Crippen LogP contribution in [0.15, 0.2) is 48.5 Å². The van der Waals surface area contributed by atoms with Crippen LogP contribution in [0.2, 0.25) is 0 Å². The Morgan fingerprint density at radius 2 is 1.65 bits per heavy atom. The molecular weight excluding hydrogens is 288 g/mol. The van der Waals surface area contributed by atoms with Gasteiger partial charge in [-0.2, -0.15) is 0 Å². The molecule has 0 radical (unpaired) electrons. The van der Waals surface area contributed by atoms with Crippen LogP contribution in [0.4, 0.5) is 0 Å². The van der Waals surface area contributed by atoms with E-state index in [1.807, 2.05) is 26.0 Å². The zero-order valence-electron chi connectivity index (χ0n) is 13.5. The molecule has 0 aromatic heterocycles. The first-order chi connectivity index (χ1) is 11.0. The lowest BCUT2D eigenvalue weighted by Gasteiger charge is -2.11. The molecule has 0 aliphatic rings. The summed E-state index contributed by atoms with van der Waals surface area (Å²) in [5.74, 6) is -0.398. The van der Waals surface area contributed by atoms with Gasteiger partial charge in [0.15, 0.2) is 5.78 Å². The van der Waals surface area contributed by atoms with Gasteiger partial charge in [-0.25, -0.2) is 0 Å². The standard InChI is InChI=1S/C19H22N2O2/c1-13-7-9-15(10-8-13)18(22)16-5-3-4-6-17(16)19(23)21-12-11-14(2)20/h3-10,14H,11-12,20H2,1-2H3,(H,21,23). The highest BCUT2D eigenvalue weighted by atomic mass is 16.2. The molecule has 0 heterocycles. The van der Waals surface area contributed by atoms with Crippen molar-refractivity contribution in [1.29, 1.82) is 0 Å². The molecule has 2 aromatic rings. The molecule has 0 aliphatic carbocycles. The molecule has 0 saturated heterocycles. The van der Waals surface area contributed by atoms with E-state index in [0.29, 0.717) is 29.7 Å². The van der Waals surface area contributed by atoms with E-state index >= 15 is 0 Å². The fourth-order valence-corrected chi connectivity index (χ4v) is 2.25. The van der Waals surface area contributed by atoms with E-state index in [0.717, 1.165) is 5.56 Å². The zero-order valence-corrected chi connectivity index (χ0v) is 13.5. The molecular formula is C19H22N2O2. The van der Waals surface area contributed by atoms with Gasteiger partial charge >= 0.3 is 0 Å². The van der Waals surface area contributed by atoms with Crippen LogP contribution < -0.4 is 11.1 Å². The molecule has 1 amide bonds. The van der Waals surface area contributed by atoms with Gasteiger partial charge < -0.3 is 11.1 Å². The van der Waals surface area contributed by atoms with E-state index in [1.54, 1.807) is 36.4 Å². The number of ketones is 1. The smallest absolute Gasteiger partial charge is 0.252 e. The van der Waals surface area contributed by atoms with E-state index in [9.17, 15) is 9.59 Å². The highest BCUT2D eigenvalue weighted by Gasteiger charge is 2.17. The van der Waals surface area contributed by atoms with Gasteiger partial charge in [0.05, 0.1) is 5.56 Å². The first-order valence-electron chi connectivity index (χ1n) is 7.73. The van der Waals surface area contributed by atoms with Crippen molar-refractivity contribution in [1.82, 2.24) is 5.32 Å². The van der Waals surface area contributed by atoms with E-state index in [-0.39, 0.29) is 17.7 Å². The number of carbonyl (C=O) groups is 2. The van der Waals surface area contributed by atoms with Crippen molar-refractivity contribution in [2.75, 3.05) is 6.54 Å². The Kier molecular flexibility index (Phi) is 5.66. The van der Waals surface area contributed by atoms with E-state index in [1.165, 1.54) is 0 Å². The zero-order chi connectivity index (χ0) is 16.8. The van der Waals surface area contributed by atoms with E-state index in [4.69, 9.17) is 5.73 Å². The summed E-state index contributed by atoms with van der Waals surface area (Å²) in [5.41, 5.74) is 8.14. The predicted molar refractivity (Wildman–Crippen MR) is 91.7 cm³/mol. The second-order valence-electron chi connectivity index (χ2n) is 5.76. The lowest BCUT2D eigenvalue weighted by atomic mass is 9.97. The number of rotatable bonds is 6. The largest absolute Gasteiger partial charge is 0.352 e. The van der Waals surface area contributed by atoms with Crippen LogP contribution in [0.3, 0.4) is 0 Å². The lowest BCUT2D eigenvalue weighted by Crippen LogP contribution is -2.30. The maximum absolute atomic E-state index is 12.7. The van der Waals surface area contributed by atoms with E-state index < -0.39 is 0 Å². The third-order valence-corrected chi connectivity index (χ3v) is 3.62. The monoisotopic (exact) mass is 310 g/mol. The van der Waals surface area contributed by atoms with Crippen LogP contribution in [0, 0.1) is 6.92 Å². The van der Waals surface area contributed by atoms with Gasteiger partial charge in [0, 0.05) is 23.7 Å². The fourth-order valence-electron chi connectivity index (χ4n) is 2.25. The molecule has 2 aromatic carbocycles. The van der Waals surface area contributed by atoms with Crippen molar-refractivity contribution in [3.05, 3.63) is 70.8 Å². The molecule has 3 N–H and O–H groups in total. The van der Waals surface area contributed by atoms with Crippen LogP contribution in [0.5, 0.6) is 0 Å². The van der Waals surface area contributed by atoms with Crippen molar-refractivity contribution >= 4 is 11.7 Å². The summed E-state index contributed by atoms with van der Waals surface area (Å²) in [6.45, 7) is 4.35. The number of carbonyl (C=O) groups excluding carboxylic acids is 2. The number of hydrogen-bond acceptors (Lipinski definition) is 3. The Morgan fingerprint density at radius 3 is 2.26 bits per heavy atom. The molecule has 0 aliphatic heterocycles. The molecule has 0 bridgehead atoms. The molecule has 0 spiro atoms. The summed E-state index contributed by atoms with van der Waals surface area (Å²) in [7, 11) is 0. The molecule has 1 atom stereocenters. The summed E-state index contributed by atoms with van der Waals surface area (Å²) in [6, 6.07) is 14.2. The molecule has 4 nitrogen and oxygen atoms in total. The van der Waals surface area contributed by atoms with Crippen LogP contribution in [0.25, 0.3) is 0 Å². The number of hydrogen-bond donors (Lipinski definition) is 2. The van der Waals surface area contributed by atoms with Crippen molar-refractivity contribution in [2.24, 2.45) is 5.73 Å². The first kappa shape index (κ1) is 16.9. The van der Waals surface area contributed by atoms with Crippen molar-refractivity contribution in [3.63, 3.8) is 0 Å². The van der Waals surface area contributed by atoms with Gasteiger partial charge in [-0.15, -0.1) is 0 Å². The molecule has 120 valence electrons. The summed E-state index contributed by atoms with van der Waals surface area (Å²) >= 11 is 0. The Bertz CT molecular complexity index is 691. The molecule has 2 rings (SSSR count). The van der Waals surface area contributed by atoms with Crippen LogP contribution in [-0.4, -0.2) is 24.3 Å². The quantitative estimate of drug-likeness (QED) is 0.806. The Morgan fingerprint density at radius 1 is 1.04 bits per heavy atom. The molecule has 0 saturated carbocycles. The average molecular weight is 310 g/mol. The third-order valence-electron chi connectivity index (χ3n) is 3.62. The van der Waals surface area contributed by atoms with Crippen LogP contribution in [0.1, 0.15) is 45.2 Å². The normalized spacial score (nSPS) is 11.8. The summed E-state index contributed by atoms with van der Waals surface area (Å²) in [6.07, 6.45) is 0.694. The lowest BCUT2D eigenvalue weighted by molar-refractivity contribution is 0.0941. The summed E-state index contributed by atoms with van der Waals surface area (Å²) < 4.78 is 0. The number of nitrogens with one attached hydrogen (secondary N) is 1. The summed E-state index contributed by atoms with van der Waals surface area (Å²) in [5, 5.41) is 2.81.